The smallest absolute Gasteiger partial charge is 0.281 e. The van der Waals surface area contributed by atoms with Crippen LogP contribution >= 0.6 is 22.7 Å². The van der Waals surface area contributed by atoms with Crippen molar-refractivity contribution in [3.63, 3.8) is 0 Å². The van der Waals surface area contributed by atoms with Crippen molar-refractivity contribution < 1.29 is 14.0 Å². The summed E-state index contributed by atoms with van der Waals surface area (Å²) in [6, 6.07) is 13.6. The summed E-state index contributed by atoms with van der Waals surface area (Å²) in [6.45, 7) is 2.55. The van der Waals surface area contributed by atoms with Gasteiger partial charge in [0.2, 0.25) is 5.91 Å². The Kier molecular flexibility index (Phi) is 6.00. The van der Waals surface area contributed by atoms with E-state index in [1.54, 1.807) is 4.90 Å². The van der Waals surface area contributed by atoms with Gasteiger partial charge in [0.15, 0.2) is 0 Å². The van der Waals surface area contributed by atoms with Crippen LogP contribution in [0.1, 0.15) is 19.1 Å². The van der Waals surface area contributed by atoms with Gasteiger partial charge in [-0.3, -0.25) is 14.5 Å². The lowest BCUT2D eigenvalue weighted by Gasteiger charge is -2.14. The Labute approximate surface area is 160 Å². The molecule has 1 N–H and O–H groups in total. The maximum Gasteiger partial charge on any atom is 0.281 e. The first-order valence-electron chi connectivity index (χ1n) is 8.33. The van der Waals surface area contributed by atoms with Gasteiger partial charge >= 0.3 is 0 Å². The maximum atomic E-state index is 12.6. The van der Waals surface area contributed by atoms with Gasteiger partial charge < -0.3 is 9.73 Å². The second-order valence-electron chi connectivity index (χ2n) is 5.91. The van der Waals surface area contributed by atoms with E-state index in [-0.39, 0.29) is 11.1 Å². The molecule has 1 aromatic carbocycles. The normalized spacial score (nSPS) is 17.1. The fourth-order valence-corrected chi connectivity index (χ4v) is 4.87. The van der Waals surface area contributed by atoms with Crippen LogP contribution in [0.2, 0.25) is 0 Å². The van der Waals surface area contributed by atoms with Crippen LogP contribution in [-0.4, -0.2) is 45.2 Å². The van der Waals surface area contributed by atoms with E-state index in [1.165, 1.54) is 6.92 Å². The van der Waals surface area contributed by atoms with E-state index < -0.39 is 10.5 Å². The molecule has 3 rings (SSSR count). The van der Waals surface area contributed by atoms with E-state index in [0.29, 0.717) is 36.0 Å². The minimum atomic E-state index is -0.601. The molecule has 26 heavy (non-hydrogen) atoms. The molecule has 1 aliphatic heterocycles. The number of nitrogens with one attached hydrogen (secondary N) is 1. The first kappa shape index (κ1) is 18.5. The fraction of sp³-hybridized carbons (Fsp3) is 0.263. The number of thiocarbonyl (C=S) groups is 1. The molecule has 136 valence electrons. The zero-order valence-electron chi connectivity index (χ0n) is 14.4. The number of hydrogen-bond acceptors (Lipinski definition) is 4. The number of furan rings is 1. The fourth-order valence-electron chi connectivity index (χ4n) is 2.64. The second-order valence-corrected chi connectivity index (χ2v) is 8.11. The van der Waals surface area contributed by atoms with Crippen LogP contribution in [0.3, 0.4) is 0 Å². The van der Waals surface area contributed by atoms with Crippen molar-refractivity contribution >= 4 is 44.2 Å². The highest BCUT2D eigenvalue weighted by Crippen LogP contribution is 2.29. The minimum absolute atomic E-state index is 0.0236. The van der Waals surface area contributed by atoms with Crippen molar-refractivity contribution in [3.05, 3.63) is 48.2 Å². The summed E-state index contributed by atoms with van der Waals surface area (Å²) < 4.78 is 5.87. The topological polar surface area (TPSA) is 62.6 Å². The molecule has 1 unspecified atom stereocenters. The molecule has 1 aliphatic rings. The molecule has 1 fully saturated rings. The highest BCUT2D eigenvalue weighted by Gasteiger charge is 2.29. The molecule has 0 spiro atoms. The molecule has 2 amide bonds. The first-order chi connectivity index (χ1) is 12.5. The van der Waals surface area contributed by atoms with Gasteiger partial charge in [-0.25, -0.2) is 0 Å². The Hall–Kier alpha value is -2.25. The predicted octanol–water partition coefficient (Wildman–Crippen LogP) is 3.66. The van der Waals surface area contributed by atoms with Gasteiger partial charge in [-0.05, 0) is 18.6 Å². The van der Waals surface area contributed by atoms with Gasteiger partial charge in [-0.2, -0.15) is 0 Å². The zero-order chi connectivity index (χ0) is 18.5. The van der Waals surface area contributed by atoms with E-state index in [0.717, 1.165) is 11.3 Å². The average Bonchev–Trinajstić information content (AvgIpc) is 3.19. The van der Waals surface area contributed by atoms with Crippen molar-refractivity contribution in [1.82, 2.24) is 10.2 Å². The van der Waals surface area contributed by atoms with Gasteiger partial charge in [-0.1, -0.05) is 53.0 Å². The van der Waals surface area contributed by atoms with Gasteiger partial charge in [0.1, 0.15) is 11.5 Å². The summed E-state index contributed by atoms with van der Waals surface area (Å²) in [5.41, 5.74) is 1.00. The van der Waals surface area contributed by atoms with Crippen LogP contribution in [0.4, 0.5) is 4.79 Å². The molecule has 0 aliphatic carbocycles. The second kappa shape index (κ2) is 8.42. The summed E-state index contributed by atoms with van der Waals surface area (Å²) in [5, 5.41) is 4.62. The summed E-state index contributed by atoms with van der Waals surface area (Å²) in [4.78, 5) is 25.8. The van der Waals surface area contributed by atoms with Gasteiger partial charge in [0, 0.05) is 36.7 Å². The number of rotatable bonds is 6. The van der Waals surface area contributed by atoms with Gasteiger partial charge in [-0.15, -0.1) is 0 Å². The van der Waals surface area contributed by atoms with Crippen LogP contribution in [-0.2, 0) is 4.79 Å². The lowest BCUT2D eigenvalue weighted by Crippen LogP contribution is -2.31. The van der Waals surface area contributed by atoms with Crippen molar-refractivity contribution in [2.24, 2.45) is 0 Å². The predicted molar refractivity (Wildman–Crippen MR) is 110 cm³/mol. The van der Waals surface area contributed by atoms with E-state index in [4.69, 9.17) is 16.6 Å². The number of carbonyl (C=O) groups is 2. The number of benzene rings is 1. The molecule has 0 radical (unpaired) electrons. The maximum absolute atomic E-state index is 12.6. The number of amides is 2. The molecule has 2 aromatic rings. The minimum Gasteiger partial charge on any atom is -0.456 e. The third kappa shape index (κ3) is 4.47. The number of nitrogens with zero attached hydrogens (tertiary/aromatic N) is 1. The Morgan fingerprint density at radius 2 is 2.08 bits per heavy atom. The number of hydrogen-bond donors (Lipinski definition) is 1. The highest BCUT2D eigenvalue weighted by molar-refractivity contribution is 8.29. The standard InChI is InChI=1S/C19H20N2O3S2/c1-14(22)20-10-5-11-21-18(25)13-26(19(21)23)12-16-8-9-17(24-16)15-6-3-2-4-7-15/h2-4,6-9,12H,5,10-11,13H2,1H3,(H,20,22). The zero-order valence-corrected chi connectivity index (χ0v) is 16.1. The molecule has 1 atom stereocenters. The van der Waals surface area contributed by atoms with Crippen molar-refractivity contribution in [2.75, 3.05) is 18.8 Å². The molecular weight excluding hydrogens is 368 g/mol. The summed E-state index contributed by atoms with van der Waals surface area (Å²) in [7, 11) is -0.601. The molecule has 2 heterocycles. The van der Waals surface area contributed by atoms with Crippen molar-refractivity contribution in [2.45, 2.75) is 13.3 Å². The quantitative estimate of drug-likeness (QED) is 0.606. The SMILES string of the molecule is CC(=O)NCCCN1C(=O)/S(=C/c2ccc(-c3ccccc3)o2)CC1=S. The van der Waals surface area contributed by atoms with E-state index in [2.05, 4.69) is 5.32 Å². The number of carbonyl (C=O) groups excluding carboxylic acids is 2. The van der Waals surface area contributed by atoms with E-state index in [1.807, 2.05) is 47.8 Å². The lowest BCUT2D eigenvalue weighted by atomic mass is 10.2. The van der Waals surface area contributed by atoms with E-state index in [9.17, 15) is 9.59 Å². The molecule has 1 saturated heterocycles. The monoisotopic (exact) mass is 388 g/mol. The van der Waals surface area contributed by atoms with Crippen LogP contribution in [0.5, 0.6) is 0 Å². The molecular formula is C19H20N2O3S2. The van der Waals surface area contributed by atoms with Crippen LogP contribution in [0.25, 0.3) is 11.3 Å². The summed E-state index contributed by atoms with van der Waals surface area (Å²) >= 11 is 5.37. The van der Waals surface area contributed by atoms with Crippen LogP contribution in [0, 0.1) is 0 Å². The first-order valence-corrected chi connectivity index (χ1v) is 10.2. The van der Waals surface area contributed by atoms with Crippen LogP contribution in [0.15, 0.2) is 46.9 Å². The largest absolute Gasteiger partial charge is 0.456 e. The van der Waals surface area contributed by atoms with Gasteiger partial charge in [0.05, 0.1) is 4.99 Å². The summed E-state index contributed by atoms with van der Waals surface area (Å²) in [6.07, 6.45) is 0.682. The third-order valence-corrected chi connectivity index (χ3v) is 6.22. The molecule has 1 aromatic heterocycles. The van der Waals surface area contributed by atoms with Crippen LogP contribution < -0.4 is 5.32 Å². The average molecular weight is 389 g/mol. The van der Waals surface area contributed by atoms with E-state index >= 15 is 0 Å². The molecule has 0 saturated carbocycles. The molecule has 0 bridgehead atoms. The third-order valence-electron chi connectivity index (χ3n) is 3.90. The Morgan fingerprint density at radius 1 is 1.31 bits per heavy atom. The van der Waals surface area contributed by atoms with Crippen molar-refractivity contribution in [3.8, 4) is 11.3 Å². The Morgan fingerprint density at radius 3 is 2.81 bits per heavy atom. The van der Waals surface area contributed by atoms with Crippen molar-refractivity contribution in [1.29, 1.82) is 0 Å². The molecule has 7 heteroatoms. The Balaban J connectivity index is 1.66. The summed E-state index contributed by atoms with van der Waals surface area (Å²) in [5.74, 6) is 1.95. The molecule has 5 nitrogen and oxygen atoms in total. The lowest BCUT2D eigenvalue weighted by molar-refractivity contribution is -0.118. The van der Waals surface area contributed by atoms with Gasteiger partial charge in [0.25, 0.3) is 5.24 Å². The highest BCUT2D eigenvalue weighted by atomic mass is 32.2. The Bertz CT molecular complexity index is 859.